The first-order valence-electron chi connectivity index (χ1n) is 5.98. The quantitative estimate of drug-likeness (QED) is 0.943. The Labute approximate surface area is 118 Å². The van der Waals surface area contributed by atoms with Crippen molar-refractivity contribution < 1.29 is 22.7 Å². The SMILES string of the molecule is O=C(NCc1ccccc1OC(F)(F)F)c1ccccn1. The molecule has 0 atom stereocenters. The van der Waals surface area contributed by atoms with E-state index in [1.165, 1.54) is 30.5 Å². The van der Waals surface area contributed by atoms with Gasteiger partial charge in [0.05, 0.1) is 0 Å². The fraction of sp³-hybridized carbons (Fsp3) is 0.143. The number of alkyl halides is 3. The predicted octanol–water partition coefficient (Wildman–Crippen LogP) is 2.91. The highest BCUT2D eigenvalue weighted by atomic mass is 19.4. The molecule has 0 aliphatic carbocycles. The van der Waals surface area contributed by atoms with Gasteiger partial charge in [0.2, 0.25) is 0 Å². The molecule has 0 fully saturated rings. The highest BCUT2D eigenvalue weighted by Crippen LogP contribution is 2.26. The van der Waals surface area contributed by atoms with Gasteiger partial charge in [0.25, 0.3) is 5.91 Å². The molecule has 2 rings (SSSR count). The Kier molecular flexibility index (Phi) is 4.42. The van der Waals surface area contributed by atoms with Crippen LogP contribution in [0, 0.1) is 0 Å². The molecule has 1 aromatic carbocycles. The van der Waals surface area contributed by atoms with E-state index >= 15 is 0 Å². The highest BCUT2D eigenvalue weighted by molar-refractivity contribution is 5.92. The molecular formula is C14H11F3N2O2. The first-order chi connectivity index (χ1) is 9.96. The van der Waals surface area contributed by atoms with Gasteiger partial charge in [-0.3, -0.25) is 9.78 Å². The number of carbonyl (C=O) groups excluding carboxylic acids is 1. The molecule has 0 bridgehead atoms. The molecule has 1 N–H and O–H groups in total. The van der Waals surface area contributed by atoms with Crippen LogP contribution in [0.1, 0.15) is 16.1 Å². The Hall–Kier alpha value is -2.57. The lowest BCUT2D eigenvalue weighted by Gasteiger charge is -2.13. The number of carbonyl (C=O) groups is 1. The molecule has 0 saturated carbocycles. The lowest BCUT2D eigenvalue weighted by Crippen LogP contribution is -2.25. The second kappa shape index (κ2) is 6.25. The third-order valence-corrected chi connectivity index (χ3v) is 2.54. The van der Waals surface area contributed by atoms with Crippen molar-refractivity contribution in [2.75, 3.05) is 0 Å². The Morgan fingerprint density at radius 2 is 1.86 bits per heavy atom. The minimum Gasteiger partial charge on any atom is -0.405 e. The monoisotopic (exact) mass is 296 g/mol. The van der Waals surface area contributed by atoms with Gasteiger partial charge in [0.15, 0.2) is 0 Å². The summed E-state index contributed by atoms with van der Waals surface area (Å²) >= 11 is 0. The number of rotatable bonds is 4. The molecule has 1 heterocycles. The summed E-state index contributed by atoms with van der Waals surface area (Å²) in [6, 6.07) is 10.4. The van der Waals surface area contributed by atoms with Crippen molar-refractivity contribution >= 4 is 5.91 Å². The summed E-state index contributed by atoms with van der Waals surface area (Å²) in [7, 11) is 0. The van der Waals surface area contributed by atoms with Gasteiger partial charge in [-0.15, -0.1) is 13.2 Å². The lowest BCUT2D eigenvalue weighted by atomic mass is 10.2. The minimum absolute atomic E-state index is 0.0956. The van der Waals surface area contributed by atoms with Crippen LogP contribution in [0.4, 0.5) is 13.2 Å². The Bertz CT molecular complexity index is 615. The van der Waals surface area contributed by atoms with Crippen LogP contribution in [0.25, 0.3) is 0 Å². The topological polar surface area (TPSA) is 51.2 Å². The molecule has 0 saturated heterocycles. The molecule has 2 aromatic rings. The van der Waals surface area contributed by atoms with E-state index in [4.69, 9.17) is 0 Å². The summed E-state index contributed by atoms with van der Waals surface area (Å²) in [5.74, 6) is -0.816. The van der Waals surface area contributed by atoms with Gasteiger partial charge in [0, 0.05) is 18.3 Å². The van der Waals surface area contributed by atoms with Crippen molar-refractivity contribution in [1.29, 1.82) is 0 Å². The largest absolute Gasteiger partial charge is 0.573 e. The summed E-state index contributed by atoms with van der Waals surface area (Å²) in [6.45, 7) is -0.0956. The molecular weight excluding hydrogens is 285 g/mol. The van der Waals surface area contributed by atoms with Crippen molar-refractivity contribution in [1.82, 2.24) is 10.3 Å². The van der Waals surface area contributed by atoms with Gasteiger partial charge in [-0.05, 0) is 18.2 Å². The van der Waals surface area contributed by atoms with E-state index in [0.29, 0.717) is 0 Å². The van der Waals surface area contributed by atoms with Crippen molar-refractivity contribution in [3.8, 4) is 5.75 Å². The number of halogens is 3. The number of para-hydroxylation sites is 1. The number of nitrogens with one attached hydrogen (secondary N) is 1. The molecule has 0 aliphatic rings. The fourth-order valence-corrected chi connectivity index (χ4v) is 1.64. The van der Waals surface area contributed by atoms with Gasteiger partial charge < -0.3 is 10.1 Å². The summed E-state index contributed by atoms with van der Waals surface area (Å²) in [5, 5.41) is 2.49. The second-order valence-corrected chi connectivity index (χ2v) is 4.05. The van der Waals surface area contributed by atoms with Crippen LogP contribution in [0.2, 0.25) is 0 Å². The summed E-state index contributed by atoms with van der Waals surface area (Å²) in [4.78, 5) is 15.6. The average Bonchev–Trinajstić information content (AvgIpc) is 2.45. The Morgan fingerprint density at radius 3 is 2.52 bits per heavy atom. The maximum atomic E-state index is 12.3. The van der Waals surface area contributed by atoms with Gasteiger partial charge in [-0.2, -0.15) is 0 Å². The third kappa shape index (κ3) is 4.48. The molecule has 0 aliphatic heterocycles. The van der Waals surface area contributed by atoms with Gasteiger partial charge >= 0.3 is 6.36 Å². The average molecular weight is 296 g/mol. The number of hydrogen-bond acceptors (Lipinski definition) is 3. The van der Waals surface area contributed by atoms with Crippen LogP contribution < -0.4 is 10.1 Å². The first-order valence-corrected chi connectivity index (χ1v) is 5.98. The van der Waals surface area contributed by atoms with Crippen LogP contribution in [-0.2, 0) is 6.54 Å². The maximum absolute atomic E-state index is 12.3. The van der Waals surface area contributed by atoms with Crippen LogP contribution in [0.3, 0.4) is 0 Å². The Morgan fingerprint density at radius 1 is 1.14 bits per heavy atom. The fourth-order valence-electron chi connectivity index (χ4n) is 1.64. The van der Waals surface area contributed by atoms with Gasteiger partial charge in [-0.1, -0.05) is 24.3 Å². The molecule has 1 amide bonds. The zero-order valence-corrected chi connectivity index (χ0v) is 10.7. The number of aromatic nitrogens is 1. The van der Waals surface area contributed by atoms with Crippen LogP contribution in [-0.4, -0.2) is 17.3 Å². The molecule has 0 unspecified atom stereocenters. The second-order valence-electron chi connectivity index (χ2n) is 4.05. The predicted molar refractivity (Wildman–Crippen MR) is 68.5 cm³/mol. The van der Waals surface area contributed by atoms with E-state index in [1.54, 1.807) is 18.2 Å². The summed E-state index contributed by atoms with van der Waals surface area (Å²) in [5.41, 5.74) is 0.408. The smallest absolute Gasteiger partial charge is 0.405 e. The molecule has 0 radical (unpaired) electrons. The molecule has 0 spiro atoms. The van der Waals surface area contributed by atoms with Gasteiger partial charge in [0.1, 0.15) is 11.4 Å². The molecule has 4 nitrogen and oxygen atoms in total. The zero-order valence-electron chi connectivity index (χ0n) is 10.7. The molecule has 7 heteroatoms. The van der Waals surface area contributed by atoms with Crippen molar-refractivity contribution in [2.24, 2.45) is 0 Å². The highest BCUT2D eigenvalue weighted by Gasteiger charge is 2.31. The first kappa shape index (κ1) is 14.8. The standard InChI is InChI=1S/C14H11F3N2O2/c15-14(16,17)21-12-7-2-1-5-10(12)9-19-13(20)11-6-3-4-8-18-11/h1-8H,9H2,(H,19,20). The third-order valence-electron chi connectivity index (χ3n) is 2.54. The normalized spacial score (nSPS) is 11.0. The maximum Gasteiger partial charge on any atom is 0.573 e. The van der Waals surface area contributed by atoms with E-state index in [9.17, 15) is 18.0 Å². The lowest BCUT2D eigenvalue weighted by molar-refractivity contribution is -0.274. The molecule has 1 aromatic heterocycles. The van der Waals surface area contributed by atoms with Crippen LogP contribution in [0.5, 0.6) is 5.75 Å². The summed E-state index contributed by atoms with van der Waals surface area (Å²) in [6.07, 6.45) is -3.32. The minimum atomic E-state index is -4.78. The Balaban J connectivity index is 2.05. The van der Waals surface area contributed by atoms with E-state index in [1.807, 2.05) is 0 Å². The molecule has 21 heavy (non-hydrogen) atoms. The van der Waals surface area contributed by atoms with Crippen LogP contribution in [0.15, 0.2) is 48.7 Å². The number of nitrogens with zero attached hydrogens (tertiary/aromatic N) is 1. The van der Waals surface area contributed by atoms with E-state index in [0.717, 1.165) is 0 Å². The van der Waals surface area contributed by atoms with Gasteiger partial charge in [-0.25, -0.2) is 0 Å². The number of benzene rings is 1. The van der Waals surface area contributed by atoms with Crippen molar-refractivity contribution in [3.63, 3.8) is 0 Å². The van der Waals surface area contributed by atoms with Crippen molar-refractivity contribution in [2.45, 2.75) is 12.9 Å². The number of hydrogen-bond donors (Lipinski definition) is 1. The number of ether oxygens (including phenoxy) is 1. The van der Waals surface area contributed by atoms with E-state index in [-0.39, 0.29) is 23.6 Å². The number of amides is 1. The van der Waals surface area contributed by atoms with Crippen LogP contribution >= 0.6 is 0 Å². The van der Waals surface area contributed by atoms with E-state index < -0.39 is 12.3 Å². The van der Waals surface area contributed by atoms with E-state index in [2.05, 4.69) is 15.0 Å². The molecule has 110 valence electrons. The number of pyridine rings is 1. The zero-order chi connectivity index (χ0) is 15.3. The van der Waals surface area contributed by atoms with Crippen molar-refractivity contribution in [3.05, 3.63) is 59.9 Å². The summed E-state index contributed by atoms with van der Waals surface area (Å²) < 4.78 is 40.7.